The lowest BCUT2D eigenvalue weighted by Crippen LogP contribution is -2.48. The summed E-state index contributed by atoms with van der Waals surface area (Å²) in [6.45, 7) is 15.6. The lowest BCUT2D eigenvalue weighted by Gasteiger charge is -2.39. The Morgan fingerprint density at radius 1 is 0.925 bits per heavy atom. The first kappa shape index (κ1) is 28.5. The van der Waals surface area contributed by atoms with E-state index in [0.717, 1.165) is 35.1 Å². The van der Waals surface area contributed by atoms with E-state index in [-0.39, 0.29) is 24.2 Å². The van der Waals surface area contributed by atoms with Crippen LogP contribution in [0.1, 0.15) is 72.4 Å². The Balaban J connectivity index is 1.36. The van der Waals surface area contributed by atoms with E-state index in [4.69, 9.17) is 18.8 Å². The Kier molecular flexibility index (Phi) is 7.20. The highest BCUT2D eigenvalue weighted by Crippen LogP contribution is 2.47. The van der Waals surface area contributed by atoms with Crippen molar-refractivity contribution < 1.29 is 28.4 Å². The van der Waals surface area contributed by atoms with E-state index in [1.165, 1.54) is 0 Å². The van der Waals surface area contributed by atoms with Gasteiger partial charge >= 0.3 is 19.3 Å². The summed E-state index contributed by atoms with van der Waals surface area (Å²) in [5.74, 6) is 0. The molecule has 9 heteroatoms. The van der Waals surface area contributed by atoms with Crippen LogP contribution in [0.4, 0.5) is 15.3 Å². The molecule has 0 saturated carbocycles. The molecule has 0 unspecified atom stereocenters. The van der Waals surface area contributed by atoms with Crippen molar-refractivity contribution in [2.45, 2.75) is 90.1 Å². The van der Waals surface area contributed by atoms with Gasteiger partial charge in [-0.2, -0.15) is 0 Å². The zero-order valence-electron chi connectivity index (χ0n) is 24.8. The van der Waals surface area contributed by atoms with Crippen LogP contribution in [0, 0.1) is 0 Å². The largest absolute Gasteiger partial charge is 0.494 e. The lowest BCUT2D eigenvalue weighted by atomic mass is 9.72. The summed E-state index contributed by atoms with van der Waals surface area (Å²) >= 11 is 0. The monoisotopic (exact) mass is 548 g/mol. The number of piperidine rings is 1. The van der Waals surface area contributed by atoms with Crippen LogP contribution >= 0.6 is 0 Å². The zero-order chi connectivity index (χ0) is 28.9. The third-order valence-electron chi connectivity index (χ3n) is 8.67. The van der Waals surface area contributed by atoms with E-state index >= 15 is 0 Å². The minimum Gasteiger partial charge on any atom is -0.445 e. The van der Waals surface area contributed by atoms with Gasteiger partial charge in [0.05, 0.1) is 16.9 Å². The Bertz CT molecular complexity index is 1250. The summed E-state index contributed by atoms with van der Waals surface area (Å²) in [7, 11) is -0.534. The van der Waals surface area contributed by atoms with E-state index in [2.05, 4.69) is 6.07 Å². The molecule has 2 aromatic carbocycles. The van der Waals surface area contributed by atoms with Crippen molar-refractivity contribution in [2.75, 3.05) is 24.5 Å². The molecule has 0 N–H and O–H groups in total. The maximum absolute atomic E-state index is 13.4. The van der Waals surface area contributed by atoms with Crippen LogP contribution in [0.3, 0.4) is 0 Å². The number of benzene rings is 2. The number of amides is 2. The fraction of sp³-hybridized carbons (Fsp3) is 0.548. The van der Waals surface area contributed by atoms with Crippen LogP contribution in [-0.4, -0.2) is 60.6 Å². The van der Waals surface area contributed by atoms with Gasteiger partial charge in [0.2, 0.25) is 0 Å². The molecule has 2 amide bonds. The van der Waals surface area contributed by atoms with Gasteiger partial charge in [-0.1, -0.05) is 42.5 Å². The predicted molar refractivity (Wildman–Crippen MR) is 155 cm³/mol. The molecule has 0 atom stereocenters. The molecule has 40 heavy (non-hydrogen) atoms. The second-order valence-corrected chi connectivity index (χ2v) is 13.2. The SMILES string of the molecule is CC(C)(C)OC(=O)N1CC2(CCN(C(=O)OCc3ccccc3)CC2)c2ccc(B3OC(C)(C)C(C)(C)O3)cc21. The highest BCUT2D eigenvalue weighted by atomic mass is 16.7. The molecule has 0 radical (unpaired) electrons. The number of ether oxygens (including phenoxy) is 2. The molecule has 3 heterocycles. The van der Waals surface area contributed by atoms with Gasteiger partial charge in [0.25, 0.3) is 0 Å². The van der Waals surface area contributed by atoms with Crippen LogP contribution in [0.25, 0.3) is 0 Å². The number of nitrogens with zero attached hydrogens (tertiary/aromatic N) is 2. The second kappa shape index (κ2) is 10.1. The molecule has 0 aromatic heterocycles. The van der Waals surface area contributed by atoms with Crippen LogP contribution in [0.15, 0.2) is 48.5 Å². The molecule has 214 valence electrons. The minimum absolute atomic E-state index is 0.248. The summed E-state index contributed by atoms with van der Waals surface area (Å²) in [5.41, 5.74) is 1.90. The maximum Gasteiger partial charge on any atom is 0.494 e. The van der Waals surface area contributed by atoms with E-state index in [9.17, 15) is 9.59 Å². The Morgan fingerprint density at radius 3 is 2.15 bits per heavy atom. The Labute approximate surface area is 238 Å². The molecular formula is C31H41BN2O6. The van der Waals surface area contributed by atoms with Gasteiger partial charge < -0.3 is 23.7 Å². The van der Waals surface area contributed by atoms with E-state index in [0.29, 0.717) is 19.6 Å². The number of rotatable bonds is 3. The third-order valence-corrected chi connectivity index (χ3v) is 8.67. The predicted octanol–water partition coefficient (Wildman–Crippen LogP) is 5.41. The molecule has 2 aromatic rings. The highest BCUT2D eigenvalue weighted by molar-refractivity contribution is 6.62. The van der Waals surface area contributed by atoms with Crippen molar-refractivity contribution in [1.29, 1.82) is 0 Å². The van der Waals surface area contributed by atoms with Gasteiger partial charge in [0.15, 0.2) is 0 Å². The van der Waals surface area contributed by atoms with Crippen LogP contribution in [0.5, 0.6) is 0 Å². The average Bonchev–Trinajstić information content (AvgIpc) is 3.31. The first-order valence-electron chi connectivity index (χ1n) is 14.2. The molecule has 0 aliphatic carbocycles. The quantitative estimate of drug-likeness (QED) is 0.478. The molecule has 3 aliphatic heterocycles. The molecular weight excluding hydrogens is 507 g/mol. The van der Waals surface area contributed by atoms with Gasteiger partial charge in [-0.3, -0.25) is 4.90 Å². The summed E-state index contributed by atoms with van der Waals surface area (Å²) in [6, 6.07) is 15.8. The highest BCUT2D eigenvalue weighted by Gasteiger charge is 2.53. The first-order valence-corrected chi connectivity index (χ1v) is 14.2. The zero-order valence-corrected chi connectivity index (χ0v) is 24.8. The number of hydrogen-bond donors (Lipinski definition) is 0. The van der Waals surface area contributed by atoms with Crippen LogP contribution in [0.2, 0.25) is 0 Å². The topological polar surface area (TPSA) is 77.5 Å². The second-order valence-electron chi connectivity index (χ2n) is 13.2. The van der Waals surface area contributed by atoms with Gasteiger partial charge in [-0.05, 0) is 84.0 Å². The summed E-state index contributed by atoms with van der Waals surface area (Å²) in [4.78, 5) is 29.8. The number of anilines is 1. The minimum atomic E-state index is -0.623. The molecule has 8 nitrogen and oxygen atoms in total. The van der Waals surface area contributed by atoms with Gasteiger partial charge in [-0.25, -0.2) is 9.59 Å². The van der Waals surface area contributed by atoms with E-state index in [1.54, 1.807) is 9.80 Å². The number of carbonyl (C=O) groups is 2. The summed E-state index contributed by atoms with van der Waals surface area (Å²) < 4.78 is 24.0. The standard InChI is InChI=1S/C31H41BN2O6/c1-28(2,3)38-27(36)34-21-31(15-17-33(18-16-31)26(35)37-20-22-11-9-8-10-12-22)24-14-13-23(19-25(24)34)32-39-29(4,5)30(6,7)40-32/h8-14,19H,15-18,20-21H2,1-7H3. The van der Waals surface area contributed by atoms with Crippen molar-refractivity contribution in [3.63, 3.8) is 0 Å². The molecule has 3 aliphatic rings. The Morgan fingerprint density at radius 2 is 1.55 bits per heavy atom. The molecule has 2 fully saturated rings. The smallest absolute Gasteiger partial charge is 0.445 e. The lowest BCUT2D eigenvalue weighted by molar-refractivity contribution is 0.00578. The number of fused-ring (bicyclic) bond motifs is 2. The average molecular weight is 548 g/mol. The fourth-order valence-corrected chi connectivity index (χ4v) is 5.65. The maximum atomic E-state index is 13.4. The van der Waals surface area contributed by atoms with E-state index < -0.39 is 23.9 Å². The van der Waals surface area contributed by atoms with E-state index in [1.807, 2.05) is 90.9 Å². The summed E-state index contributed by atoms with van der Waals surface area (Å²) in [6.07, 6.45) is 0.754. The van der Waals surface area contributed by atoms with Crippen LogP contribution in [-0.2, 0) is 30.8 Å². The van der Waals surface area contributed by atoms with Gasteiger partial charge in [0.1, 0.15) is 12.2 Å². The molecule has 5 rings (SSSR count). The molecule has 1 spiro atoms. The number of likely N-dealkylation sites (tertiary alicyclic amines) is 1. The summed E-state index contributed by atoms with van der Waals surface area (Å²) in [5, 5.41) is 0. The van der Waals surface area contributed by atoms with Crippen molar-refractivity contribution in [3.05, 3.63) is 59.7 Å². The third kappa shape index (κ3) is 5.46. The van der Waals surface area contributed by atoms with Crippen LogP contribution < -0.4 is 10.4 Å². The van der Waals surface area contributed by atoms with Crippen molar-refractivity contribution in [2.24, 2.45) is 0 Å². The van der Waals surface area contributed by atoms with Gasteiger partial charge in [0, 0.05) is 25.0 Å². The first-order chi connectivity index (χ1) is 18.7. The molecule has 2 saturated heterocycles. The normalized spacial score (nSPS) is 20.9. The molecule has 0 bridgehead atoms. The number of carbonyl (C=O) groups excluding carboxylic acids is 2. The van der Waals surface area contributed by atoms with Crippen molar-refractivity contribution >= 4 is 30.5 Å². The Hall–Kier alpha value is -3.04. The fourth-order valence-electron chi connectivity index (χ4n) is 5.65. The number of hydrogen-bond acceptors (Lipinski definition) is 6. The van der Waals surface area contributed by atoms with Gasteiger partial charge in [-0.15, -0.1) is 0 Å². The van der Waals surface area contributed by atoms with Crippen molar-refractivity contribution in [1.82, 2.24) is 4.90 Å². The van der Waals surface area contributed by atoms with Crippen molar-refractivity contribution in [3.8, 4) is 0 Å².